The molecule has 0 saturated carbocycles. The topological polar surface area (TPSA) is 78.5 Å². The molecule has 0 aromatic rings. The van der Waals surface area contributed by atoms with Crippen LogP contribution in [0.25, 0.3) is 0 Å². The molecule has 0 aromatic carbocycles. The molecular weight excluding hydrogens is 266 g/mol. The minimum absolute atomic E-state index is 0.00401. The molecule has 3 atom stereocenters. The van der Waals surface area contributed by atoms with E-state index in [4.69, 9.17) is 0 Å². The highest BCUT2D eigenvalue weighted by atomic mass is 32.2. The van der Waals surface area contributed by atoms with Gasteiger partial charge in [0.15, 0.2) is 0 Å². The lowest BCUT2D eigenvalue weighted by Crippen LogP contribution is -2.54. The molecule has 0 spiro atoms. The van der Waals surface area contributed by atoms with E-state index in [0.717, 1.165) is 6.42 Å². The summed E-state index contributed by atoms with van der Waals surface area (Å²) in [4.78, 5) is 11.1. The average Bonchev–Trinajstić information content (AvgIpc) is 2.31. The van der Waals surface area contributed by atoms with Gasteiger partial charge in [-0.1, -0.05) is 13.8 Å². The third-order valence-corrected chi connectivity index (χ3v) is 5.37. The van der Waals surface area contributed by atoms with E-state index in [9.17, 15) is 13.2 Å². The van der Waals surface area contributed by atoms with E-state index >= 15 is 0 Å². The summed E-state index contributed by atoms with van der Waals surface area (Å²) in [6, 6.07) is -0.185. The predicted molar refractivity (Wildman–Crippen MR) is 72.6 cm³/mol. The molecule has 19 heavy (non-hydrogen) atoms. The second-order valence-electron chi connectivity index (χ2n) is 5.93. The molecular formula is C12H23N3O3S. The minimum atomic E-state index is -3.43. The lowest BCUT2D eigenvalue weighted by Gasteiger charge is -2.35. The van der Waals surface area contributed by atoms with Crippen LogP contribution in [-0.4, -0.2) is 44.3 Å². The Balaban J connectivity index is 1.96. The summed E-state index contributed by atoms with van der Waals surface area (Å²) in [5, 5.41) is 2.69. The van der Waals surface area contributed by atoms with Gasteiger partial charge < -0.3 is 5.32 Å². The highest BCUT2D eigenvalue weighted by molar-refractivity contribution is 7.87. The number of piperidine rings is 2. The molecule has 7 heteroatoms. The molecule has 2 saturated heterocycles. The van der Waals surface area contributed by atoms with Gasteiger partial charge in [0.05, 0.1) is 0 Å². The molecule has 0 aliphatic carbocycles. The van der Waals surface area contributed by atoms with Crippen LogP contribution in [0.3, 0.4) is 0 Å². The molecule has 0 unspecified atom stereocenters. The van der Waals surface area contributed by atoms with Crippen molar-refractivity contribution in [1.29, 1.82) is 0 Å². The number of hydrogen-bond donors (Lipinski definition) is 2. The number of hydrogen-bond acceptors (Lipinski definition) is 3. The first kappa shape index (κ1) is 14.7. The van der Waals surface area contributed by atoms with Gasteiger partial charge in [-0.05, 0) is 24.7 Å². The molecule has 2 N–H and O–H groups in total. The van der Waals surface area contributed by atoms with E-state index in [1.807, 2.05) is 0 Å². The zero-order valence-electron chi connectivity index (χ0n) is 11.6. The van der Waals surface area contributed by atoms with Gasteiger partial charge >= 0.3 is 0 Å². The maximum absolute atomic E-state index is 12.3. The van der Waals surface area contributed by atoms with Gasteiger partial charge in [-0.3, -0.25) is 4.79 Å². The number of carbonyl (C=O) groups excluding carboxylic acids is 1. The number of rotatable bonds is 3. The van der Waals surface area contributed by atoms with E-state index < -0.39 is 10.2 Å². The van der Waals surface area contributed by atoms with Gasteiger partial charge in [-0.15, -0.1) is 0 Å². The van der Waals surface area contributed by atoms with Crippen LogP contribution in [0.5, 0.6) is 0 Å². The summed E-state index contributed by atoms with van der Waals surface area (Å²) in [6.45, 7) is 5.71. The van der Waals surface area contributed by atoms with Gasteiger partial charge in [0, 0.05) is 32.1 Å². The van der Waals surface area contributed by atoms with Crippen molar-refractivity contribution in [3.8, 4) is 0 Å². The maximum Gasteiger partial charge on any atom is 0.279 e. The summed E-state index contributed by atoms with van der Waals surface area (Å²) in [5.74, 6) is 0.786. The van der Waals surface area contributed by atoms with Crippen LogP contribution in [0, 0.1) is 11.8 Å². The summed E-state index contributed by atoms with van der Waals surface area (Å²) in [5.41, 5.74) is 0. The first-order valence-corrected chi connectivity index (χ1v) is 8.35. The molecule has 6 nitrogen and oxygen atoms in total. The van der Waals surface area contributed by atoms with E-state index in [1.165, 1.54) is 0 Å². The second-order valence-corrected chi connectivity index (χ2v) is 7.63. The maximum atomic E-state index is 12.3. The van der Waals surface area contributed by atoms with Gasteiger partial charge in [-0.25, -0.2) is 0 Å². The van der Waals surface area contributed by atoms with Crippen LogP contribution in [0.4, 0.5) is 0 Å². The third-order valence-electron chi connectivity index (χ3n) is 3.76. The smallest absolute Gasteiger partial charge is 0.279 e. The number of amides is 1. The summed E-state index contributed by atoms with van der Waals surface area (Å²) < 4.78 is 28.9. The fourth-order valence-electron chi connectivity index (χ4n) is 2.92. The Kier molecular flexibility index (Phi) is 4.47. The quantitative estimate of drug-likeness (QED) is 0.772. The first-order valence-electron chi connectivity index (χ1n) is 6.91. The Bertz CT molecular complexity index is 418. The highest BCUT2D eigenvalue weighted by Gasteiger charge is 2.32. The van der Waals surface area contributed by atoms with Crippen molar-refractivity contribution in [1.82, 2.24) is 14.3 Å². The van der Waals surface area contributed by atoms with Crippen molar-refractivity contribution in [3.63, 3.8) is 0 Å². The van der Waals surface area contributed by atoms with Crippen molar-refractivity contribution in [2.45, 2.75) is 39.2 Å². The van der Waals surface area contributed by atoms with Gasteiger partial charge in [0.2, 0.25) is 5.91 Å². The van der Waals surface area contributed by atoms with Gasteiger partial charge in [0.1, 0.15) is 0 Å². The summed E-state index contributed by atoms with van der Waals surface area (Å²) >= 11 is 0. The molecule has 1 amide bonds. The van der Waals surface area contributed by atoms with Crippen LogP contribution in [0.1, 0.15) is 33.1 Å². The van der Waals surface area contributed by atoms with Crippen molar-refractivity contribution in [2.75, 3.05) is 19.6 Å². The van der Waals surface area contributed by atoms with Crippen LogP contribution < -0.4 is 10.0 Å². The summed E-state index contributed by atoms with van der Waals surface area (Å²) in [6.07, 6.45) is 2.04. The zero-order chi connectivity index (χ0) is 14.0. The Morgan fingerprint density at radius 2 is 1.89 bits per heavy atom. The third kappa shape index (κ3) is 3.90. The molecule has 2 fully saturated rings. The molecule has 0 aromatic heterocycles. The second kappa shape index (κ2) is 5.76. The van der Waals surface area contributed by atoms with E-state index in [2.05, 4.69) is 23.9 Å². The molecule has 0 radical (unpaired) electrons. The van der Waals surface area contributed by atoms with E-state index in [-0.39, 0.29) is 11.9 Å². The van der Waals surface area contributed by atoms with Crippen LogP contribution in [0.2, 0.25) is 0 Å². The standard InChI is InChI=1S/C12H23N3O3S/c1-9-5-10(2)8-15(7-9)19(17,18)14-11-3-4-12(16)13-6-11/h9-11,14H,3-8H2,1-2H3,(H,13,16)/t9-,10+,11-/m0/s1. The summed E-state index contributed by atoms with van der Waals surface area (Å²) in [7, 11) is -3.43. The molecule has 2 aliphatic heterocycles. The Morgan fingerprint density at radius 1 is 1.26 bits per heavy atom. The number of nitrogens with zero attached hydrogens (tertiary/aromatic N) is 1. The average molecular weight is 289 g/mol. The van der Waals surface area contributed by atoms with E-state index in [0.29, 0.717) is 44.3 Å². The molecule has 2 rings (SSSR count). The molecule has 0 bridgehead atoms. The van der Waals surface area contributed by atoms with E-state index in [1.54, 1.807) is 4.31 Å². The van der Waals surface area contributed by atoms with Crippen LogP contribution >= 0.6 is 0 Å². The van der Waals surface area contributed by atoms with Crippen molar-refractivity contribution in [2.24, 2.45) is 11.8 Å². The first-order chi connectivity index (χ1) is 8.87. The Labute approximate surface area is 115 Å². The van der Waals surface area contributed by atoms with Gasteiger partial charge in [0.25, 0.3) is 10.2 Å². The zero-order valence-corrected chi connectivity index (χ0v) is 12.4. The lowest BCUT2D eigenvalue weighted by molar-refractivity contribution is -0.122. The number of carbonyl (C=O) groups is 1. The van der Waals surface area contributed by atoms with Crippen molar-refractivity contribution < 1.29 is 13.2 Å². The lowest BCUT2D eigenvalue weighted by atomic mass is 9.94. The fraction of sp³-hybridized carbons (Fsp3) is 0.917. The molecule has 2 aliphatic rings. The largest absolute Gasteiger partial charge is 0.355 e. The predicted octanol–water partition coefficient (Wildman–Crippen LogP) is 0.0773. The highest BCUT2D eigenvalue weighted by Crippen LogP contribution is 2.23. The Morgan fingerprint density at radius 3 is 2.42 bits per heavy atom. The molecule has 110 valence electrons. The molecule has 2 heterocycles. The minimum Gasteiger partial charge on any atom is -0.355 e. The monoisotopic (exact) mass is 289 g/mol. The fourth-order valence-corrected chi connectivity index (χ4v) is 4.59. The van der Waals surface area contributed by atoms with Crippen LogP contribution in [0.15, 0.2) is 0 Å². The van der Waals surface area contributed by atoms with Crippen LogP contribution in [-0.2, 0) is 15.0 Å². The van der Waals surface area contributed by atoms with Crippen molar-refractivity contribution in [3.05, 3.63) is 0 Å². The SMILES string of the molecule is C[C@@H]1C[C@H](C)CN(S(=O)(=O)N[C@H]2CCC(=O)NC2)C1. The van der Waals surface area contributed by atoms with Gasteiger partial charge in [-0.2, -0.15) is 17.4 Å². The van der Waals surface area contributed by atoms with Crippen molar-refractivity contribution >= 4 is 16.1 Å². The Hall–Kier alpha value is -0.660. The number of nitrogens with one attached hydrogen (secondary N) is 2. The normalized spacial score (nSPS) is 34.0.